The number of aromatic nitrogens is 1. The zero-order chi connectivity index (χ0) is 13.0. The molecule has 1 saturated heterocycles. The molecule has 1 aromatic rings. The molecule has 18 heavy (non-hydrogen) atoms. The number of piperidine rings is 1. The minimum Gasteiger partial charge on any atom is -0.386 e. The Labute approximate surface area is 108 Å². The number of hydrogen-bond donors (Lipinski definition) is 1. The number of hydrogen-bond acceptors (Lipinski definition) is 3. The van der Waals surface area contributed by atoms with Crippen molar-refractivity contribution in [3.63, 3.8) is 0 Å². The number of pyridine rings is 1. The molecule has 2 heterocycles. The van der Waals surface area contributed by atoms with Crippen LogP contribution in [-0.4, -0.2) is 34.6 Å². The van der Waals surface area contributed by atoms with Crippen molar-refractivity contribution in [3.8, 4) is 0 Å². The largest absolute Gasteiger partial charge is 0.386 e. The van der Waals surface area contributed by atoms with Crippen molar-refractivity contribution >= 4 is 0 Å². The van der Waals surface area contributed by atoms with Crippen molar-refractivity contribution in [1.82, 2.24) is 9.88 Å². The van der Waals surface area contributed by atoms with Gasteiger partial charge in [-0.25, -0.2) is 4.39 Å². The monoisotopic (exact) mass is 252 g/mol. The van der Waals surface area contributed by atoms with Gasteiger partial charge in [-0.3, -0.25) is 4.98 Å². The maximum atomic E-state index is 12.8. The summed E-state index contributed by atoms with van der Waals surface area (Å²) < 4.78 is 12.8. The average Bonchev–Trinajstić information content (AvgIpc) is 2.40. The molecule has 3 nitrogen and oxygen atoms in total. The molecule has 0 aliphatic carbocycles. The third-order valence-corrected chi connectivity index (χ3v) is 3.59. The standard InChI is InChI=1S/C14H21FN2O/c1-11(10-17-7-3-2-4-8-17)14(18)13-6-5-12(15)9-16-13/h5-6,9,11,14,18H,2-4,7-8,10H2,1H3. The van der Waals surface area contributed by atoms with Crippen LogP contribution in [0.25, 0.3) is 0 Å². The molecule has 2 unspecified atom stereocenters. The van der Waals surface area contributed by atoms with Gasteiger partial charge in [-0.15, -0.1) is 0 Å². The molecular weight excluding hydrogens is 231 g/mol. The lowest BCUT2D eigenvalue weighted by molar-refractivity contribution is 0.0788. The Hall–Kier alpha value is -1.00. The Balaban J connectivity index is 1.91. The normalized spacial score (nSPS) is 20.6. The van der Waals surface area contributed by atoms with Crippen LogP contribution in [0.1, 0.15) is 38.0 Å². The van der Waals surface area contributed by atoms with Crippen molar-refractivity contribution in [1.29, 1.82) is 0 Å². The summed E-state index contributed by atoms with van der Waals surface area (Å²) in [6, 6.07) is 2.91. The molecule has 0 radical (unpaired) electrons. The Morgan fingerprint density at radius 2 is 2.06 bits per heavy atom. The number of likely N-dealkylation sites (tertiary alicyclic amines) is 1. The minimum atomic E-state index is -0.618. The first-order valence-corrected chi connectivity index (χ1v) is 6.68. The fourth-order valence-electron chi connectivity index (χ4n) is 2.50. The summed E-state index contributed by atoms with van der Waals surface area (Å²) in [5.74, 6) is -0.254. The van der Waals surface area contributed by atoms with Gasteiger partial charge < -0.3 is 10.0 Å². The van der Waals surface area contributed by atoms with Crippen LogP contribution in [0.5, 0.6) is 0 Å². The molecule has 1 aliphatic heterocycles. The van der Waals surface area contributed by atoms with E-state index < -0.39 is 6.10 Å². The number of aliphatic hydroxyl groups is 1. The van der Waals surface area contributed by atoms with E-state index in [-0.39, 0.29) is 11.7 Å². The van der Waals surface area contributed by atoms with Crippen molar-refractivity contribution in [2.24, 2.45) is 5.92 Å². The summed E-state index contributed by atoms with van der Waals surface area (Å²) in [4.78, 5) is 6.34. The van der Waals surface area contributed by atoms with Gasteiger partial charge in [0.15, 0.2) is 0 Å². The van der Waals surface area contributed by atoms with Crippen molar-refractivity contribution in [3.05, 3.63) is 29.8 Å². The predicted molar refractivity (Wildman–Crippen MR) is 68.6 cm³/mol. The van der Waals surface area contributed by atoms with E-state index in [1.165, 1.54) is 25.3 Å². The molecule has 100 valence electrons. The van der Waals surface area contributed by atoms with Crippen LogP contribution in [-0.2, 0) is 0 Å². The van der Waals surface area contributed by atoms with E-state index in [2.05, 4.69) is 9.88 Å². The molecule has 1 fully saturated rings. The summed E-state index contributed by atoms with van der Waals surface area (Å²) in [6.45, 7) is 5.13. The molecule has 0 saturated carbocycles. The van der Waals surface area contributed by atoms with Gasteiger partial charge in [0.1, 0.15) is 5.82 Å². The Morgan fingerprint density at radius 1 is 1.33 bits per heavy atom. The smallest absolute Gasteiger partial charge is 0.141 e. The molecule has 1 aliphatic rings. The quantitative estimate of drug-likeness (QED) is 0.893. The Bertz CT molecular complexity index is 363. The molecule has 0 amide bonds. The summed E-state index contributed by atoms with van der Waals surface area (Å²) in [6.07, 6.45) is 4.35. The third-order valence-electron chi connectivity index (χ3n) is 3.59. The van der Waals surface area contributed by atoms with Crippen molar-refractivity contribution in [2.45, 2.75) is 32.3 Å². The van der Waals surface area contributed by atoms with Crippen LogP contribution >= 0.6 is 0 Å². The van der Waals surface area contributed by atoms with E-state index in [1.54, 1.807) is 6.07 Å². The van der Waals surface area contributed by atoms with Gasteiger partial charge >= 0.3 is 0 Å². The number of halogens is 1. The summed E-state index contributed by atoms with van der Waals surface area (Å²) >= 11 is 0. The van der Waals surface area contributed by atoms with Gasteiger partial charge in [-0.05, 0) is 38.1 Å². The second-order valence-electron chi connectivity index (χ2n) is 5.18. The lowest BCUT2D eigenvalue weighted by atomic mass is 9.99. The van der Waals surface area contributed by atoms with Gasteiger partial charge in [-0.1, -0.05) is 13.3 Å². The zero-order valence-electron chi connectivity index (χ0n) is 10.8. The van der Waals surface area contributed by atoms with Crippen molar-refractivity contribution < 1.29 is 9.50 Å². The Kier molecular flexibility index (Phi) is 4.66. The topological polar surface area (TPSA) is 36.4 Å². The van der Waals surface area contributed by atoms with Crippen molar-refractivity contribution in [2.75, 3.05) is 19.6 Å². The first kappa shape index (κ1) is 13.4. The van der Waals surface area contributed by atoms with Gasteiger partial charge in [0.2, 0.25) is 0 Å². The summed E-state index contributed by atoms with van der Waals surface area (Å²) in [5.41, 5.74) is 0.556. The van der Waals surface area contributed by atoms with Gasteiger partial charge in [-0.2, -0.15) is 0 Å². The fraction of sp³-hybridized carbons (Fsp3) is 0.643. The van der Waals surface area contributed by atoms with Gasteiger partial charge in [0.25, 0.3) is 0 Å². The number of rotatable bonds is 4. The van der Waals surface area contributed by atoms with E-state index in [4.69, 9.17) is 0 Å². The molecule has 0 bridgehead atoms. The highest BCUT2D eigenvalue weighted by molar-refractivity contribution is 5.08. The molecular formula is C14H21FN2O. The molecule has 2 atom stereocenters. The average molecular weight is 252 g/mol. The second-order valence-corrected chi connectivity index (χ2v) is 5.18. The Morgan fingerprint density at radius 3 is 2.67 bits per heavy atom. The summed E-state index contributed by atoms with van der Waals surface area (Å²) in [5, 5.41) is 10.2. The van der Waals surface area contributed by atoms with E-state index in [0.29, 0.717) is 5.69 Å². The maximum absolute atomic E-state index is 12.8. The van der Waals surface area contributed by atoms with Crippen LogP contribution in [0, 0.1) is 11.7 Å². The first-order valence-electron chi connectivity index (χ1n) is 6.68. The first-order chi connectivity index (χ1) is 8.66. The van der Waals surface area contributed by atoms with Crippen LogP contribution in [0.4, 0.5) is 4.39 Å². The van der Waals surface area contributed by atoms with Crippen LogP contribution in [0.3, 0.4) is 0 Å². The fourth-order valence-corrected chi connectivity index (χ4v) is 2.50. The molecule has 4 heteroatoms. The zero-order valence-corrected chi connectivity index (χ0v) is 10.8. The van der Waals surface area contributed by atoms with E-state index in [9.17, 15) is 9.50 Å². The molecule has 1 aromatic heterocycles. The number of nitrogens with zero attached hydrogens (tertiary/aromatic N) is 2. The van der Waals surface area contributed by atoms with E-state index in [0.717, 1.165) is 25.8 Å². The maximum Gasteiger partial charge on any atom is 0.141 e. The van der Waals surface area contributed by atoms with Crippen LogP contribution in [0.2, 0.25) is 0 Å². The highest BCUT2D eigenvalue weighted by Gasteiger charge is 2.21. The van der Waals surface area contributed by atoms with Crippen LogP contribution < -0.4 is 0 Å². The lowest BCUT2D eigenvalue weighted by Crippen LogP contribution is -2.35. The van der Waals surface area contributed by atoms with E-state index in [1.807, 2.05) is 6.92 Å². The predicted octanol–water partition coefficient (Wildman–Crippen LogP) is 2.38. The molecule has 0 spiro atoms. The van der Waals surface area contributed by atoms with Gasteiger partial charge in [0, 0.05) is 12.5 Å². The molecule has 1 N–H and O–H groups in total. The summed E-state index contributed by atoms with van der Waals surface area (Å²) in [7, 11) is 0. The minimum absolute atomic E-state index is 0.112. The third kappa shape index (κ3) is 3.50. The second kappa shape index (κ2) is 6.25. The highest BCUT2D eigenvalue weighted by atomic mass is 19.1. The number of aliphatic hydroxyl groups excluding tert-OH is 1. The van der Waals surface area contributed by atoms with Gasteiger partial charge in [0.05, 0.1) is 18.0 Å². The molecule has 2 rings (SSSR count). The highest BCUT2D eigenvalue weighted by Crippen LogP contribution is 2.22. The molecule has 0 aromatic carbocycles. The lowest BCUT2D eigenvalue weighted by Gasteiger charge is -2.30. The van der Waals surface area contributed by atoms with Crippen LogP contribution in [0.15, 0.2) is 18.3 Å². The SMILES string of the molecule is CC(CN1CCCCC1)C(O)c1ccc(F)cn1. The van der Waals surface area contributed by atoms with E-state index >= 15 is 0 Å².